The van der Waals surface area contributed by atoms with Gasteiger partial charge >= 0.3 is 0 Å². The van der Waals surface area contributed by atoms with Gasteiger partial charge in [-0.15, -0.1) is 0 Å². The van der Waals surface area contributed by atoms with Crippen molar-refractivity contribution in [2.45, 2.75) is 18.9 Å². The fourth-order valence-corrected chi connectivity index (χ4v) is 2.01. The number of para-hydroxylation sites is 1. The van der Waals surface area contributed by atoms with E-state index in [0.29, 0.717) is 18.7 Å². The minimum Gasteiger partial charge on any atom is -0.385 e. The maximum absolute atomic E-state index is 12.0. The quantitative estimate of drug-likeness (QED) is 0.788. The summed E-state index contributed by atoms with van der Waals surface area (Å²) >= 11 is 0. The lowest BCUT2D eigenvalue weighted by Gasteiger charge is -2.13. The van der Waals surface area contributed by atoms with E-state index in [4.69, 9.17) is 10.5 Å². The third-order valence-electron chi connectivity index (χ3n) is 3.09. The zero-order chi connectivity index (χ0) is 14.4. The average molecular weight is 273 g/mol. The predicted molar refractivity (Wildman–Crippen MR) is 79.5 cm³/mol. The molecule has 5 heteroatoms. The second-order valence-corrected chi connectivity index (χ2v) is 4.61. The van der Waals surface area contributed by atoms with Crippen molar-refractivity contribution in [3.63, 3.8) is 0 Å². The molecular weight excluding hydrogens is 254 g/mol. The summed E-state index contributed by atoms with van der Waals surface area (Å²) in [6.45, 7) is 0.608. The van der Waals surface area contributed by atoms with E-state index in [0.717, 1.165) is 17.3 Å². The van der Waals surface area contributed by atoms with Crippen LogP contribution < -0.4 is 11.1 Å². The van der Waals surface area contributed by atoms with Gasteiger partial charge in [-0.25, -0.2) is 0 Å². The zero-order valence-corrected chi connectivity index (χ0v) is 11.5. The second kappa shape index (κ2) is 6.98. The van der Waals surface area contributed by atoms with Crippen LogP contribution in [0.15, 0.2) is 36.5 Å². The number of benzene rings is 1. The van der Waals surface area contributed by atoms with Crippen LogP contribution in [-0.2, 0) is 9.53 Å². The Bertz CT molecular complexity index is 581. The SMILES string of the molecule is COCCCC(N)C(=O)Nc1cccc2cccnc12. The Morgan fingerprint density at radius 2 is 2.20 bits per heavy atom. The molecule has 0 aliphatic heterocycles. The number of amides is 1. The lowest BCUT2D eigenvalue weighted by Crippen LogP contribution is -2.35. The van der Waals surface area contributed by atoms with Crippen LogP contribution in [0.25, 0.3) is 10.9 Å². The number of fused-ring (bicyclic) bond motifs is 1. The lowest BCUT2D eigenvalue weighted by atomic mass is 10.1. The van der Waals surface area contributed by atoms with Gasteiger partial charge in [-0.1, -0.05) is 18.2 Å². The molecule has 106 valence electrons. The molecule has 2 aromatic rings. The van der Waals surface area contributed by atoms with Gasteiger partial charge in [0, 0.05) is 25.3 Å². The van der Waals surface area contributed by atoms with Crippen LogP contribution >= 0.6 is 0 Å². The van der Waals surface area contributed by atoms with E-state index < -0.39 is 6.04 Å². The first-order chi connectivity index (χ1) is 9.72. The smallest absolute Gasteiger partial charge is 0.241 e. The Kier molecular flexibility index (Phi) is 5.03. The van der Waals surface area contributed by atoms with Gasteiger partial charge in [-0.05, 0) is 25.0 Å². The van der Waals surface area contributed by atoms with E-state index in [1.807, 2.05) is 30.3 Å². The van der Waals surface area contributed by atoms with Gasteiger partial charge in [-0.3, -0.25) is 9.78 Å². The van der Waals surface area contributed by atoms with Crippen LogP contribution in [0.2, 0.25) is 0 Å². The van der Waals surface area contributed by atoms with Crippen LogP contribution in [0.5, 0.6) is 0 Å². The van der Waals surface area contributed by atoms with Crippen LogP contribution in [0.1, 0.15) is 12.8 Å². The molecule has 0 fully saturated rings. The van der Waals surface area contributed by atoms with Crippen molar-refractivity contribution in [1.29, 1.82) is 0 Å². The summed E-state index contributed by atoms with van der Waals surface area (Å²) in [7, 11) is 1.63. The first-order valence-electron chi connectivity index (χ1n) is 6.61. The number of ether oxygens (including phenoxy) is 1. The maximum Gasteiger partial charge on any atom is 0.241 e. The van der Waals surface area contributed by atoms with Gasteiger partial charge < -0.3 is 15.8 Å². The first kappa shape index (κ1) is 14.4. The number of rotatable bonds is 6. The number of anilines is 1. The number of nitrogens with one attached hydrogen (secondary N) is 1. The van der Waals surface area contributed by atoms with Crippen LogP contribution in [-0.4, -0.2) is 30.6 Å². The Labute approximate surface area is 118 Å². The van der Waals surface area contributed by atoms with Gasteiger partial charge in [0.1, 0.15) is 0 Å². The number of nitrogens with two attached hydrogens (primary N) is 1. The molecular formula is C15H19N3O2. The molecule has 2 rings (SSSR count). The highest BCUT2D eigenvalue weighted by molar-refractivity contribution is 6.02. The summed E-state index contributed by atoms with van der Waals surface area (Å²) in [6, 6.07) is 8.95. The van der Waals surface area contributed by atoms with Crippen molar-refractivity contribution in [1.82, 2.24) is 4.98 Å². The molecule has 3 N–H and O–H groups in total. The normalized spacial score (nSPS) is 12.3. The van der Waals surface area contributed by atoms with Crippen LogP contribution in [0, 0.1) is 0 Å². The average Bonchev–Trinajstić information content (AvgIpc) is 2.47. The molecule has 1 aromatic carbocycles. The number of carbonyl (C=O) groups excluding carboxylic acids is 1. The van der Waals surface area contributed by atoms with Gasteiger partial charge in [0.05, 0.1) is 17.2 Å². The van der Waals surface area contributed by atoms with E-state index in [2.05, 4.69) is 10.3 Å². The molecule has 20 heavy (non-hydrogen) atoms. The molecule has 0 aliphatic carbocycles. The summed E-state index contributed by atoms with van der Waals surface area (Å²) < 4.78 is 4.95. The minimum absolute atomic E-state index is 0.195. The number of hydrogen-bond acceptors (Lipinski definition) is 4. The van der Waals surface area contributed by atoms with Crippen LogP contribution in [0.4, 0.5) is 5.69 Å². The highest BCUT2D eigenvalue weighted by atomic mass is 16.5. The third kappa shape index (κ3) is 3.53. The summed E-state index contributed by atoms with van der Waals surface area (Å²) in [5, 5.41) is 3.83. The van der Waals surface area contributed by atoms with Crippen molar-refractivity contribution < 1.29 is 9.53 Å². The van der Waals surface area contributed by atoms with Gasteiger partial charge in [0.25, 0.3) is 0 Å². The van der Waals surface area contributed by atoms with Crippen LogP contribution in [0.3, 0.4) is 0 Å². The second-order valence-electron chi connectivity index (χ2n) is 4.61. The van der Waals surface area contributed by atoms with Crippen molar-refractivity contribution in [2.24, 2.45) is 5.73 Å². The molecule has 0 saturated carbocycles. The molecule has 0 radical (unpaired) electrons. The highest BCUT2D eigenvalue weighted by Gasteiger charge is 2.14. The molecule has 0 aliphatic rings. The summed E-state index contributed by atoms with van der Waals surface area (Å²) in [5.74, 6) is -0.195. The molecule has 0 saturated heterocycles. The molecule has 0 bridgehead atoms. The van der Waals surface area contributed by atoms with Gasteiger partial charge in [0.2, 0.25) is 5.91 Å². The lowest BCUT2D eigenvalue weighted by molar-refractivity contribution is -0.117. The fourth-order valence-electron chi connectivity index (χ4n) is 2.01. The Hall–Kier alpha value is -1.98. The summed E-state index contributed by atoms with van der Waals surface area (Å²) in [5.41, 5.74) is 7.32. The summed E-state index contributed by atoms with van der Waals surface area (Å²) in [4.78, 5) is 16.3. The Morgan fingerprint density at radius 3 is 3.00 bits per heavy atom. The van der Waals surface area contributed by atoms with Gasteiger partial charge in [0.15, 0.2) is 0 Å². The van der Waals surface area contributed by atoms with Crippen molar-refractivity contribution in [2.75, 3.05) is 19.0 Å². The topological polar surface area (TPSA) is 77.2 Å². The number of carbonyl (C=O) groups is 1. The summed E-state index contributed by atoms with van der Waals surface area (Å²) in [6.07, 6.45) is 3.06. The molecule has 0 spiro atoms. The standard InChI is InChI=1S/C15H19N3O2/c1-20-10-4-7-12(16)15(19)18-13-8-2-5-11-6-3-9-17-14(11)13/h2-3,5-6,8-9,12H,4,7,10,16H2,1H3,(H,18,19). The number of aromatic nitrogens is 1. The highest BCUT2D eigenvalue weighted by Crippen LogP contribution is 2.20. The molecule has 1 aromatic heterocycles. The Balaban J connectivity index is 2.06. The van der Waals surface area contributed by atoms with Gasteiger partial charge in [-0.2, -0.15) is 0 Å². The minimum atomic E-state index is -0.538. The monoisotopic (exact) mass is 273 g/mol. The fraction of sp³-hybridized carbons (Fsp3) is 0.333. The molecule has 1 amide bonds. The van der Waals surface area contributed by atoms with E-state index in [-0.39, 0.29) is 5.91 Å². The molecule has 1 heterocycles. The van der Waals surface area contributed by atoms with Crippen molar-refractivity contribution in [3.05, 3.63) is 36.5 Å². The number of nitrogens with zero attached hydrogens (tertiary/aromatic N) is 1. The van der Waals surface area contributed by atoms with E-state index >= 15 is 0 Å². The molecule has 5 nitrogen and oxygen atoms in total. The molecule has 1 unspecified atom stereocenters. The van der Waals surface area contributed by atoms with E-state index in [1.165, 1.54) is 0 Å². The Morgan fingerprint density at radius 1 is 1.40 bits per heavy atom. The third-order valence-corrected chi connectivity index (χ3v) is 3.09. The van der Waals surface area contributed by atoms with Crippen molar-refractivity contribution >= 4 is 22.5 Å². The van der Waals surface area contributed by atoms with E-state index in [1.54, 1.807) is 13.3 Å². The first-order valence-corrected chi connectivity index (χ1v) is 6.61. The molecule has 1 atom stereocenters. The number of hydrogen-bond donors (Lipinski definition) is 2. The zero-order valence-electron chi connectivity index (χ0n) is 11.5. The number of pyridine rings is 1. The predicted octanol–water partition coefficient (Wildman–Crippen LogP) is 1.93. The number of methoxy groups -OCH3 is 1. The maximum atomic E-state index is 12.0. The van der Waals surface area contributed by atoms with E-state index in [9.17, 15) is 4.79 Å². The largest absolute Gasteiger partial charge is 0.385 e. The van der Waals surface area contributed by atoms with Crippen molar-refractivity contribution in [3.8, 4) is 0 Å².